The molecule has 7 heteroatoms. The molecule has 5 nitrogen and oxygen atoms in total. The number of benzene rings is 1. The van der Waals surface area contributed by atoms with E-state index in [1.165, 1.54) is 16.7 Å². The van der Waals surface area contributed by atoms with Crippen molar-refractivity contribution in [3.05, 3.63) is 33.1 Å². The number of thioether (sulfide) groups is 1. The Morgan fingerprint density at radius 2 is 2.13 bits per heavy atom. The molecule has 1 saturated heterocycles. The molecule has 2 aliphatic rings. The minimum atomic E-state index is -0.168. The molecule has 0 radical (unpaired) electrons. The van der Waals surface area contributed by atoms with Crippen LogP contribution in [0.15, 0.2) is 32.6 Å². The second-order valence-electron chi connectivity index (χ2n) is 5.64. The maximum atomic E-state index is 12.2. The molecule has 0 saturated carbocycles. The van der Waals surface area contributed by atoms with Gasteiger partial charge in [-0.05, 0) is 36.0 Å². The lowest BCUT2D eigenvalue weighted by Crippen LogP contribution is -3.12. The number of quaternary nitrogens is 1. The Labute approximate surface area is 148 Å². The van der Waals surface area contributed by atoms with Crippen LogP contribution < -0.4 is 9.64 Å². The fraction of sp³-hybridized carbons (Fsp3) is 0.375. The highest BCUT2D eigenvalue weighted by Crippen LogP contribution is 2.33. The molecule has 0 unspecified atom stereocenters. The molecule has 0 aliphatic carbocycles. The number of piperazine rings is 1. The minimum absolute atomic E-state index is 0.168. The zero-order valence-electron chi connectivity index (χ0n) is 13.1. The van der Waals surface area contributed by atoms with Crippen molar-refractivity contribution >= 4 is 44.8 Å². The predicted molar refractivity (Wildman–Crippen MR) is 96.9 cm³/mol. The fourth-order valence-corrected chi connectivity index (χ4v) is 3.91. The van der Waals surface area contributed by atoms with Crippen LogP contribution in [0, 0.1) is 0 Å². The number of rotatable bonds is 2. The maximum Gasteiger partial charge on any atom is 0.286 e. The number of hydrogen-bond acceptors (Lipinski definition) is 4. The molecule has 3 rings (SSSR count). The third-order valence-electron chi connectivity index (χ3n) is 3.98. The number of amides is 1. The predicted octanol–water partition coefficient (Wildman–Crippen LogP) is 1.26. The van der Waals surface area contributed by atoms with Crippen molar-refractivity contribution in [2.24, 2.45) is 4.99 Å². The Balaban J connectivity index is 1.78. The summed E-state index contributed by atoms with van der Waals surface area (Å²) in [4.78, 5) is 20.8. The van der Waals surface area contributed by atoms with Crippen LogP contribution in [0.25, 0.3) is 6.08 Å². The van der Waals surface area contributed by atoms with Gasteiger partial charge in [0.1, 0.15) is 5.75 Å². The fourth-order valence-electron chi connectivity index (χ4n) is 2.57. The van der Waals surface area contributed by atoms with Crippen LogP contribution in [0.1, 0.15) is 5.56 Å². The zero-order chi connectivity index (χ0) is 16.4. The number of likely N-dealkylation sites (N-methyl/N-ethyl adjacent to an activating group) is 1. The maximum absolute atomic E-state index is 12.2. The molecule has 1 amide bonds. The van der Waals surface area contributed by atoms with E-state index in [9.17, 15) is 4.79 Å². The van der Waals surface area contributed by atoms with Crippen molar-refractivity contribution in [1.29, 1.82) is 0 Å². The molecule has 1 N–H and O–H groups in total. The number of methoxy groups -OCH3 is 1. The number of aliphatic imine (C=N–C) groups is 1. The van der Waals surface area contributed by atoms with Gasteiger partial charge in [0.25, 0.3) is 5.91 Å². The zero-order valence-corrected chi connectivity index (χ0v) is 15.5. The summed E-state index contributed by atoms with van der Waals surface area (Å²) in [5.74, 6) is 0.573. The average Bonchev–Trinajstić information content (AvgIpc) is 2.89. The summed E-state index contributed by atoms with van der Waals surface area (Å²) in [6, 6.07) is 5.74. The molecule has 0 spiro atoms. The van der Waals surface area contributed by atoms with Crippen molar-refractivity contribution in [2.45, 2.75) is 0 Å². The number of halogens is 1. The van der Waals surface area contributed by atoms with Gasteiger partial charge in [0.2, 0.25) is 0 Å². The standard InChI is InChI=1S/C16H18BrN3O2S/c1-19-5-7-20(8-6-19)16-18-15(21)14(23-16)10-11-9-12(17)3-4-13(11)22-2/h3-4,9-10H,5-8H2,1-2H3/p+1/b14-10-. The molecular weight excluding hydrogens is 378 g/mol. The molecule has 1 fully saturated rings. The molecule has 1 aromatic carbocycles. The number of hydrogen-bond donors (Lipinski definition) is 1. The number of nitrogens with zero attached hydrogens (tertiary/aromatic N) is 2. The van der Waals surface area contributed by atoms with Gasteiger partial charge in [0, 0.05) is 10.0 Å². The summed E-state index contributed by atoms with van der Waals surface area (Å²) in [6.45, 7) is 4.04. The second kappa shape index (κ2) is 7.07. The van der Waals surface area contributed by atoms with Crippen LogP contribution in [0.2, 0.25) is 0 Å². The topological polar surface area (TPSA) is 46.3 Å². The molecule has 1 aromatic rings. The van der Waals surface area contributed by atoms with Crippen molar-refractivity contribution < 1.29 is 14.4 Å². The largest absolute Gasteiger partial charge is 0.496 e. The summed E-state index contributed by atoms with van der Waals surface area (Å²) < 4.78 is 6.31. The van der Waals surface area contributed by atoms with Crippen LogP contribution >= 0.6 is 27.7 Å². The molecule has 0 atom stereocenters. The SMILES string of the molecule is COc1ccc(Br)cc1/C=C1\SC(N2CC[NH+](C)CC2)=NC1=O. The first-order valence-electron chi connectivity index (χ1n) is 7.49. The van der Waals surface area contributed by atoms with E-state index < -0.39 is 0 Å². The highest BCUT2D eigenvalue weighted by Gasteiger charge is 2.29. The molecule has 0 bridgehead atoms. The molecule has 23 heavy (non-hydrogen) atoms. The van der Waals surface area contributed by atoms with Gasteiger partial charge in [-0.25, -0.2) is 0 Å². The number of ether oxygens (including phenoxy) is 1. The third kappa shape index (κ3) is 3.79. The van der Waals surface area contributed by atoms with Crippen molar-refractivity contribution in [3.8, 4) is 5.75 Å². The number of carbonyl (C=O) groups excluding carboxylic acids is 1. The van der Waals surface area contributed by atoms with E-state index in [0.717, 1.165) is 47.1 Å². The summed E-state index contributed by atoms with van der Waals surface area (Å²) >= 11 is 4.91. The van der Waals surface area contributed by atoms with Gasteiger partial charge in [-0.15, -0.1) is 0 Å². The molecular formula is C16H19BrN3O2S+. The van der Waals surface area contributed by atoms with Crippen LogP contribution in [-0.2, 0) is 4.79 Å². The Morgan fingerprint density at radius 1 is 1.39 bits per heavy atom. The first kappa shape index (κ1) is 16.5. The number of nitrogens with one attached hydrogen (secondary N) is 1. The van der Waals surface area contributed by atoms with E-state index in [1.807, 2.05) is 24.3 Å². The molecule has 2 heterocycles. The van der Waals surface area contributed by atoms with E-state index in [1.54, 1.807) is 7.11 Å². The first-order valence-corrected chi connectivity index (χ1v) is 9.10. The van der Waals surface area contributed by atoms with Crippen LogP contribution in [0.3, 0.4) is 0 Å². The monoisotopic (exact) mass is 396 g/mol. The summed E-state index contributed by atoms with van der Waals surface area (Å²) in [7, 11) is 3.82. The van der Waals surface area contributed by atoms with Crippen molar-refractivity contribution in [3.63, 3.8) is 0 Å². The van der Waals surface area contributed by atoms with Gasteiger partial charge in [0.15, 0.2) is 5.17 Å². The highest BCUT2D eigenvalue weighted by atomic mass is 79.9. The summed E-state index contributed by atoms with van der Waals surface area (Å²) in [5, 5.41) is 0.822. The smallest absolute Gasteiger partial charge is 0.286 e. The normalized spacial score (nSPS) is 21.0. The average molecular weight is 397 g/mol. The lowest BCUT2D eigenvalue weighted by atomic mass is 10.2. The molecule has 0 aromatic heterocycles. The molecule has 122 valence electrons. The van der Waals surface area contributed by atoms with Crippen molar-refractivity contribution in [2.75, 3.05) is 40.3 Å². The van der Waals surface area contributed by atoms with E-state index in [4.69, 9.17) is 4.74 Å². The number of carbonyl (C=O) groups is 1. The van der Waals surface area contributed by atoms with E-state index in [0.29, 0.717) is 4.91 Å². The van der Waals surface area contributed by atoms with Crippen LogP contribution in [0.4, 0.5) is 0 Å². The Morgan fingerprint density at radius 3 is 2.83 bits per heavy atom. The van der Waals surface area contributed by atoms with Gasteiger partial charge < -0.3 is 14.5 Å². The lowest BCUT2D eigenvalue weighted by molar-refractivity contribution is -0.883. The van der Waals surface area contributed by atoms with Crippen LogP contribution in [0.5, 0.6) is 5.75 Å². The van der Waals surface area contributed by atoms with Gasteiger partial charge in [-0.2, -0.15) is 4.99 Å². The van der Waals surface area contributed by atoms with Gasteiger partial charge in [-0.3, -0.25) is 4.79 Å². The van der Waals surface area contributed by atoms with Gasteiger partial charge in [-0.1, -0.05) is 15.9 Å². The van der Waals surface area contributed by atoms with Gasteiger partial charge in [0.05, 0.1) is 45.2 Å². The molecule has 2 aliphatic heterocycles. The van der Waals surface area contributed by atoms with E-state index in [2.05, 4.69) is 32.9 Å². The Hall–Kier alpha value is -1.31. The summed E-state index contributed by atoms with van der Waals surface area (Å²) in [6.07, 6.45) is 1.86. The number of amidine groups is 1. The minimum Gasteiger partial charge on any atom is -0.496 e. The highest BCUT2D eigenvalue weighted by molar-refractivity contribution is 9.10. The third-order valence-corrected chi connectivity index (χ3v) is 5.51. The second-order valence-corrected chi connectivity index (χ2v) is 7.57. The van der Waals surface area contributed by atoms with Crippen LogP contribution in [-0.4, -0.2) is 56.3 Å². The quantitative estimate of drug-likeness (QED) is 0.764. The van der Waals surface area contributed by atoms with Gasteiger partial charge >= 0.3 is 0 Å². The summed E-state index contributed by atoms with van der Waals surface area (Å²) in [5.41, 5.74) is 0.872. The van der Waals surface area contributed by atoms with Crippen molar-refractivity contribution in [1.82, 2.24) is 4.90 Å². The first-order chi connectivity index (χ1) is 11.1. The van der Waals surface area contributed by atoms with E-state index in [-0.39, 0.29) is 5.91 Å². The Bertz CT molecular complexity index is 682. The van der Waals surface area contributed by atoms with E-state index >= 15 is 0 Å². The Kier molecular flexibility index (Phi) is 5.08. The lowest BCUT2D eigenvalue weighted by Gasteiger charge is -2.30.